The maximum absolute atomic E-state index is 6.14. The van der Waals surface area contributed by atoms with Gasteiger partial charge in [-0.15, -0.1) is 0 Å². The van der Waals surface area contributed by atoms with Gasteiger partial charge >= 0.3 is 0 Å². The van der Waals surface area contributed by atoms with Crippen molar-refractivity contribution in [1.82, 2.24) is 5.32 Å². The van der Waals surface area contributed by atoms with Crippen LogP contribution in [0, 0.1) is 5.92 Å². The molecule has 2 aromatic rings. The Morgan fingerprint density at radius 2 is 2.05 bits per heavy atom. The second kappa shape index (κ2) is 7.53. The minimum atomic E-state index is 0.586. The summed E-state index contributed by atoms with van der Waals surface area (Å²) in [5, 5.41) is 3.97. The van der Waals surface area contributed by atoms with Crippen LogP contribution in [-0.4, -0.2) is 13.7 Å². The number of hydrogen-bond donors (Lipinski definition) is 1. The van der Waals surface area contributed by atoms with E-state index in [-0.39, 0.29) is 0 Å². The Labute approximate surface area is 131 Å². The lowest BCUT2D eigenvalue weighted by Crippen LogP contribution is -2.15. The smallest absolute Gasteiger partial charge is 0.137 e. The average molecular weight is 308 g/mol. The Kier molecular flexibility index (Phi) is 5.71. The lowest BCUT2D eigenvalue weighted by Gasteiger charge is -2.05. The molecule has 0 aliphatic rings. The fourth-order valence-electron chi connectivity index (χ4n) is 2.05. The van der Waals surface area contributed by atoms with Crippen molar-refractivity contribution in [2.75, 3.05) is 13.7 Å². The van der Waals surface area contributed by atoms with Gasteiger partial charge in [0.2, 0.25) is 0 Å². The van der Waals surface area contributed by atoms with E-state index in [0.717, 1.165) is 30.2 Å². The van der Waals surface area contributed by atoms with Gasteiger partial charge in [0.15, 0.2) is 0 Å². The number of nitrogens with one attached hydrogen (secondary N) is 1. The first-order chi connectivity index (χ1) is 10.1. The standard InChI is InChI=1S/C17H22ClNO2/c1-12(2)8-9-19-11-14-5-7-16(21-14)13-4-6-17(20-3)15(18)10-13/h4-7,10,12,19H,8-9,11H2,1-3H3. The number of halogens is 1. The van der Waals surface area contributed by atoms with Crippen molar-refractivity contribution in [3.63, 3.8) is 0 Å². The molecule has 0 unspecified atom stereocenters. The van der Waals surface area contributed by atoms with E-state index < -0.39 is 0 Å². The number of benzene rings is 1. The summed E-state index contributed by atoms with van der Waals surface area (Å²) < 4.78 is 11.0. The second-order valence-electron chi connectivity index (χ2n) is 5.47. The summed E-state index contributed by atoms with van der Waals surface area (Å²) in [4.78, 5) is 0. The first kappa shape index (κ1) is 15.9. The molecule has 1 heterocycles. The lowest BCUT2D eigenvalue weighted by molar-refractivity contribution is 0.415. The van der Waals surface area contributed by atoms with Crippen molar-refractivity contribution in [2.45, 2.75) is 26.8 Å². The van der Waals surface area contributed by atoms with Crippen LogP contribution >= 0.6 is 11.6 Å². The molecule has 1 aromatic carbocycles. The highest BCUT2D eigenvalue weighted by molar-refractivity contribution is 6.32. The molecule has 0 spiro atoms. The van der Waals surface area contributed by atoms with Gasteiger partial charge in [-0.2, -0.15) is 0 Å². The summed E-state index contributed by atoms with van der Waals surface area (Å²) in [6.07, 6.45) is 1.17. The zero-order chi connectivity index (χ0) is 15.2. The van der Waals surface area contributed by atoms with Gasteiger partial charge in [0.05, 0.1) is 18.7 Å². The third kappa shape index (κ3) is 4.51. The molecule has 0 aliphatic heterocycles. The van der Waals surface area contributed by atoms with Gasteiger partial charge in [0.25, 0.3) is 0 Å². The normalized spacial score (nSPS) is 11.1. The Hall–Kier alpha value is -1.45. The molecule has 0 saturated heterocycles. The van der Waals surface area contributed by atoms with Crippen LogP contribution in [0.4, 0.5) is 0 Å². The maximum Gasteiger partial charge on any atom is 0.137 e. The molecule has 0 fully saturated rings. The molecule has 0 bridgehead atoms. The minimum Gasteiger partial charge on any atom is -0.495 e. The first-order valence-corrected chi connectivity index (χ1v) is 7.61. The van der Waals surface area contributed by atoms with Crippen molar-refractivity contribution in [2.24, 2.45) is 5.92 Å². The summed E-state index contributed by atoms with van der Waals surface area (Å²) in [7, 11) is 1.61. The molecule has 0 radical (unpaired) electrons. The number of rotatable bonds is 7. The number of methoxy groups -OCH3 is 1. The third-order valence-electron chi connectivity index (χ3n) is 3.30. The SMILES string of the molecule is COc1ccc(-c2ccc(CNCCC(C)C)o2)cc1Cl. The fourth-order valence-corrected chi connectivity index (χ4v) is 2.31. The predicted octanol–water partition coefficient (Wildman–Crippen LogP) is 4.74. The van der Waals surface area contributed by atoms with E-state index in [9.17, 15) is 0 Å². The van der Waals surface area contributed by atoms with Crippen LogP contribution in [0.15, 0.2) is 34.7 Å². The van der Waals surface area contributed by atoms with E-state index in [4.69, 9.17) is 20.8 Å². The molecule has 1 aromatic heterocycles. The van der Waals surface area contributed by atoms with Gasteiger partial charge in [0, 0.05) is 5.56 Å². The monoisotopic (exact) mass is 307 g/mol. The topological polar surface area (TPSA) is 34.4 Å². The molecule has 21 heavy (non-hydrogen) atoms. The fraction of sp³-hybridized carbons (Fsp3) is 0.412. The molecule has 0 amide bonds. The van der Waals surface area contributed by atoms with Crippen LogP contribution in [-0.2, 0) is 6.54 Å². The van der Waals surface area contributed by atoms with E-state index >= 15 is 0 Å². The number of ether oxygens (including phenoxy) is 1. The molecule has 2 rings (SSSR count). The molecule has 3 nitrogen and oxygen atoms in total. The van der Waals surface area contributed by atoms with E-state index in [1.54, 1.807) is 7.11 Å². The maximum atomic E-state index is 6.14. The van der Waals surface area contributed by atoms with Crippen LogP contribution in [0.1, 0.15) is 26.0 Å². The van der Waals surface area contributed by atoms with Gasteiger partial charge in [0.1, 0.15) is 17.3 Å². The summed E-state index contributed by atoms with van der Waals surface area (Å²) in [6, 6.07) is 9.61. The first-order valence-electron chi connectivity index (χ1n) is 7.23. The van der Waals surface area contributed by atoms with Crippen LogP contribution in [0.5, 0.6) is 5.75 Å². The lowest BCUT2D eigenvalue weighted by atomic mass is 10.1. The van der Waals surface area contributed by atoms with Crippen LogP contribution < -0.4 is 10.1 Å². The van der Waals surface area contributed by atoms with Crippen molar-refractivity contribution in [3.05, 3.63) is 41.1 Å². The molecular formula is C17H22ClNO2. The van der Waals surface area contributed by atoms with E-state index in [0.29, 0.717) is 16.7 Å². The highest BCUT2D eigenvalue weighted by Gasteiger charge is 2.08. The molecule has 0 atom stereocenters. The molecule has 114 valence electrons. The Bertz CT molecular complexity index is 578. The Morgan fingerprint density at radius 1 is 1.24 bits per heavy atom. The number of hydrogen-bond acceptors (Lipinski definition) is 3. The summed E-state index contributed by atoms with van der Waals surface area (Å²) in [5.41, 5.74) is 0.953. The third-order valence-corrected chi connectivity index (χ3v) is 3.59. The highest BCUT2D eigenvalue weighted by atomic mass is 35.5. The van der Waals surface area contributed by atoms with Crippen molar-refractivity contribution in [1.29, 1.82) is 0 Å². The molecule has 4 heteroatoms. The zero-order valence-electron chi connectivity index (χ0n) is 12.8. The molecular weight excluding hydrogens is 286 g/mol. The van der Waals surface area contributed by atoms with Gasteiger partial charge < -0.3 is 14.5 Å². The summed E-state index contributed by atoms with van der Waals surface area (Å²) in [6.45, 7) is 6.19. The van der Waals surface area contributed by atoms with E-state index in [1.165, 1.54) is 6.42 Å². The van der Waals surface area contributed by atoms with Crippen LogP contribution in [0.2, 0.25) is 5.02 Å². The molecule has 1 N–H and O–H groups in total. The number of furan rings is 1. The molecule has 0 aliphatic carbocycles. The van der Waals surface area contributed by atoms with E-state index in [1.807, 2.05) is 30.3 Å². The predicted molar refractivity (Wildman–Crippen MR) is 86.9 cm³/mol. The van der Waals surface area contributed by atoms with Gasteiger partial charge in [-0.3, -0.25) is 0 Å². The zero-order valence-corrected chi connectivity index (χ0v) is 13.5. The van der Waals surface area contributed by atoms with Gasteiger partial charge in [-0.25, -0.2) is 0 Å². The van der Waals surface area contributed by atoms with Crippen molar-refractivity contribution < 1.29 is 9.15 Å². The van der Waals surface area contributed by atoms with Crippen molar-refractivity contribution >= 4 is 11.6 Å². The minimum absolute atomic E-state index is 0.586. The highest BCUT2D eigenvalue weighted by Crippen LogP contribution is 2.31. The Balaban J connectivity index is 1.97. The van der Waals surface area contributed by atoms with Crippen LogP contribution in [0.3, 0.4) is 0 Å². The van der Waals surface area contributed by atoms with E-state index in [2.05, 4.69) is 19.2 Å². The largest absolute Gasteiger partial charge is 0.495 e. The quantitative estimate of drug-likeness (QED) is 0.750. The van der Waals surface area contributed by atoms with Gasteiger partial charge in [-0.1, -0.05) is 25.4 Å². The van der Waals surface area contributed by atoms with Gasteiger partial charge in [-0.05, 0) is 49.2 Å². The average Bonchev–Trinajstić information content (AvgIpc) is 2.92. The second-order valence-corrected chi connectivity index (χ2v) is 5.88. The summed E-state index contributed by atoms with van der Waals surface area (Å²) >= 11 is 6.14. The van der Waals surface area contributed by atoms with Crippen molar-refractivity contribution in [3.8, 4) is 17.1 Å². The summed E-state index contributed by atoms with van der Waals surface area (Å²) in [5.74, 6) is 3.13. The molecule has 0 saturated carbocycles. The van der Waals surface area contributed by atoms with Crippen LogP contribution in [0.25, 0.3) is 11.3 Å². The Morgan fingerprint density at radius 3 is 2.71 bits per heavy atom.